The summed E-state index contributed by atoms with van der Waals surface area (Å²) in [5, 5.41) is 3.39. The van der Waals surface area contributed by atoms with Crippen molar-refractivity contribution in [1.29, 1.82) is 0 Å². The van der Waals surface area contributed by atoms with E-state index in [9.17, 15) is 0 Å². The van der Waals surface area contributed by atoms with Gasteiger partial charge in [-0.1, -0.05) is 39.8 Å². The maximum absolute atomic E-state index is 5.67. The molecule has 0 heterocycles. The number of nitrogens with one attached hydrogen (secondary N) is 1. The fourth-order valence-corrected chi connectivity index (χ4v) is 1.81. The number of rotatable bonds is 10. The van der Waals surface area contributed by atoms with Gasteiger partial charge in [-0.15, -0.1) is 0 Å². The average molecular weight is 293 g/mol. The summed E-state index contributed by atoms with van der Waals surface area (Å²) in [5.41, 5.74) is 1.62. The first kappa shape index (κ1) is 18.0. The monoisotopic (exact) mass is 293 g/mol. The van der Waals surface area contributed by atoms with Gasteiger partial charge in [0.25, 0.3) is 0 Å². The van der Waals surface area contributed by atoms with Gasteiger partial charge in [-0.25, -0.2) is 0 Å². The summed E-state index contributed by atoms with van der Waals surface area (Å²) in [6, 6.07) is 8.27. The third-order valence-corrected chi connectivity index (χ3v) is 3.17. The molecule has 0 unspecified atom stereocenters. The highest BCUT2D eigenvalue weighted by atomic mass is 16.5. The summed E-state index contributed by atoms with van der Waals surface area (Å²) >= 11 is 0. The highest BCUT2D eigenvalue weighted by molar-refractivity contribution is 5.27. The summed E-state index contributed by atoms with van der Waals surface area (Å²) in [6.07, 6.45) is 2.24. The van der Waals surface area contributed by atoms with E-state index in [1.807, 2.05) is 12.1 Å². The molecule has 1 aromatic carbocycles. The molecule has 0 radical (unpaired) electrons. The Morgan fingerprint density at radius 1 is 1.00 bits per heavy atom. The minimum absolute atomic E-state index is 0.336. The van der Waals surface area contributed by atoms with Gasteiger partial charge in [0.05, 0.1) is 6.61 Å². The first-order chi connectivity index (χ1) is 10.0. The summed E-state index contributed by atoms with van der Waals surface area (Å²) in [5.74, 6) is 0.911. The Kier molecular flexibility index (Phi) is 8.40. The fraction of sp³-hybridized carbons (Fsp3) is 0.667. The zero-order chi connectivity index (χ0) is 15.6. The van der Waals surface area contributed by atoms with Gasteiger partial charge in [-0.2, -0.15) is 0 Å². The second-order valence-electron chi connectivity index (χ2n) is 6.59. The number of benzene rings is 1. The van der Waals surface area contributed by atoms with Crippen molar-refractivity contribution in [3.8, 4) is 5.75 Å². The van der Waals surface area contributed by atoms with Crippen molar-refractivity contribution in [3.63, 3.8) is 0 Å². The third kappa shape index (κ3) is 9.48. The van der Waals surface area contributed by atoms with E-state index in [1.165, 1.54) is 5.56 Å². The van der Waals surface area contributed by atoms with Crippen molar-refractivity contribution < 1.29 is 9.47 Å². The molecule has 0 amide bonds. The van der Waals surface area contributed by atoms with Crippen LogP contribution in [-0.4, -0.2) is 26.4 Å². The van der Waals surface area contributed by atoms with Crippen molar-refractivity contribution in [1.82, 2.24) is 5.32 Å². The maximum Gasteiger partial charge on any atom is 0.119 e. The molecule has 0 bridgehead atoms. The SMILES string of the molecule is CCCNCc1ccc(OCCOCCC(C)(C)C)cc1. The van der Waals surface area contributed by atoms with Crippen LogP contribution in [0.1, 0.15) is 46.1 Å². The van der Waals surface area contributed by atoms with E-state index in [1.54, 1.807) is 0 Å². The second kappa shape index (κ2) is 9.80. The molecule has 1 N–H and O–H groups in total. The molecule has 3 heteroatoms. The van der Waals surface area contributed by atoms with Gasteiger partial charge < -0.3 is 14.8 Å². The third-order valence-electron chi connectivity index (χ3n) is 3.17. The smallest absolute Gasteiger partial charge is 0.119 e. The molecule has 0 saturated carbocycles. The molecule has 0 aliphatic heterocycles. The Labute approximate surface area is 130 Å². The molecule has 120 valence electrons. The molecule has 3 nitrogen and oxygen atoms in total. The van der Waals surface area contributed by atoms with E-state index in [-0.39, 0.29) is 0 Å². The molecule has 1 rings (SSSR count). The quantitative estimate of drug-likeness (QED) is 0.661. The van der Waals surface area contributed by atoms with Gasteiger partial charge in [0.1, 0.15) is 12.4 Å². The Bertz CT molecular complexity index is 368. The van der Waals surface area contributed by atoms with Crippen LogP contribution in [0.3, 0.4) is 0 Å². The van der Waals surface area contributed by atoms with Crippen molar-refractivity contribution >= 4 is 0 Å². The molecule has 21 heavy (non-hydrogen) atoms. The lowest BCUT2D eigenvalue weighted by molar-refractivity contribution is 0.0818. The normalized spacial score (nSPS) is 11.6. The van der Waals surface area contributed by atoms with Crippen LogP contribution in [0.4, 0.5) is 0 Å². The molecule has 0 aromatic heterocycles. The van der Waals surface area contributed by atoms with Gasteiger partial charge in [0.15, 0.2) is 0 Å². The van der Waals surface area contributed by atoms with Crippen LogP contribution >= 0.6 is 0 Å². The summed E-state index contributed by atoms with van der Waals surface area (Å²) < 4.78 is 11.3. The standard InChI is InChI=1S/C18H31NO2/c1-5-11-19-15-16-6-8-17(9-7-16)21-14-13-20-12-10-18(2,3)4/h6-9,19H,5,10-15H2,1-4H3. The molecule has 0 atom stereocenters. The minimum atomic E-state index is 0.336. The molecule has 0 aliphatic carbocycles. The highest BCUT2D eigenvalue weighted by Gasteiger charge is 2.08. The predicted molar refractivity (Wildman–Crippen MR) is 88.8 cm³/mol. The number of hydrogen-bond acceptors (Lipinski definition) is 3. The highest BCUT2D eigenvalue weighted by Crippen LogP contribution is 2.17. The lowest BCUT2D eigenvalue weighted by atomic mass is 9.93. The van der Waals surface area contributed by atoms with Crippen LogP contribution < -0.4 is 10.1 Å². The van der Waals surface area contributed by atoms with Crippen molar-refractivity contribution in [2.75, 3.05) is 26.4 Å². The first-order valence-corrected chi connectivity index (χ1v) is 8.01. The van der Waals surface area contributed by atoms with Crippen LogP contribution in [0.5, 0.6) is 5.75 Å². The maximum atomic E-state index is 5.67. The van der Waals surface area contributed by atoms with Gasteiger partial charge in [0, 0.05) is 13.2 Å². The molecule has 0 saturated heterocycles. The van der Waals surface area contributed by atoms with Crippen LogP contribution in [-0.2, 0) is 11.3 Å². The van der Waals surface area contributed by atoms with Gasteiger partial charge in [0.2, 0.25) is 0 Å². The average Bonchev–Trinajstić information content (AvgIpc) is 2.43. The molecule has 1 aromatic rings. The topological polar surface area (TPSA) is 30.5 Å². The summed E-state index contributed by atoms with van der Waals surface area (Å²) in [6.45, 7) is 12.9. The Morgan fingerprint density at radius 2 is 1.71 bits per heavy atom. The second-order valence-corrected chi connectivity index (χ2v) is 6.59. The van der Waals surface area contributed by atoms with E-state index in [2.05, 4.69) is 45.1 Å². The molecular formula is C18H31NO2. The first-order valence-electron chi connectivity index (χ1n) is 8.01. The van der Waals surface area contributed by atoms with E-state index in [0.29, 0.717) is 18.6 Å². The van der Waals surface area contributed by atoms with Crippen molar-refractivity contribution in [3.05, 3.63) is 29.8 Å². The van der Waals surface area contributed by atoms with Crippen molar-refractivity contribution in [2.45, 2.75) is 47.1 Å². The van der Waals surface area contributed by atoms with Crippen LogP contribution in [0.2, 0.25) is 0 Å². The van der Waals surface area contributed by atoms with Gasteiger partial charge in [-0.05, 0) is 42.5 Å². The van der Waals surface area contributed by atoms with Gasteiger partial charge >= 0.3 is 0 Å². The zero-order valence-electron chi connectivity index (χ0n) is 14.1. The lowest BCUT2D eigenvalue weighted by Gasteiger charge is -2.17. The minimum Gasteiger partial charge on any atom is -0.491 e. The summed E-state index contributed by atoms with van der Waals surface area (Å²) in [4.78, 5) is 0. The van der Waals surface area contributed by atoms with Gasteiger partial charge in [-0.3, -0.25) is 0 Å². The van der Waals surface area contributed by atoms with Crippen LogP contribution in [0.15, 0.2) is 24.3 Å². The fourth-order valence-electron chi connectivity index (χ4n) is 1.81. The Morgan fingerprint density at radius 3 is 2.33 bits per heavy atom. The largest absolute Gasteiger partial charge is 0.491 e. The lowest BCUT2D eigenvalue weighted by Crippen LogP contribution is -2.14. The molecule has 0 aliphatic rings. The Balaban J connectivity index is 2.12. The predicted octanol–water partition coefficient (Wildman–Crippen LogP) is 4.02. The molecule has 0 fully saturated rings. The molecular weight excluding hydrogens is 262 g/mol. The molecule has 0 spiro atoms. The number of ether oxygens (including phenoxy) is 2. The van der Waals surface area contributed by atoms with Crippen molar-refractivity contribution in [2.24, 2.45) is 5.41 Å². The number of hydrogen-bond donors (Lipinski definition) is 1. The van der Waals surface area contributed by atoms with E-state index in [0.717, 1.165) is 38.3 Å². The van der Waals surface area contributed by atoms with E-state index >= 15 is 0 Å². The van der Waals surface area contributed by atoms with E-state index in [4.69, 9.17) is 9.47 Å². The van der Waals surface area contributed by atoms with E-state index < -0.39 is 0 Å². The van der Waals surface area contributed by atoms with Crippen LogP contribution in [0, 0.1) is 5.41 Å². The Hall–Kier alpha value is -1.06. The summed E-state index contributed by atoms with van der Waals surface area (Å²) in [7, 11) is 0. The zero-order valence-corrected chi connectivity index (χ0v) is 14.1. The van der Waals surface area contributed by atoms with Crippen LogP contribution in [0.25, 0.3) is 0 Å².